The summed E-state index contributed by atoms with van der Waals surface area (Å²) in [5.41, 5.74) is -1.34. The molecule has 0 aromatic carbocycles. The van der Waals surface area contributed by atoms with Crippen LogP contribution in [0.5, 0.6) is 0 Å². The highest BCUT2D eigenvalue weighted by Crippen LogP contribution is 2.27. The Morgan fingerprint density at radius 2 is 2.00 bits per heavy atom. The van der Waals surface area contributed by atoms with Crippen LogP contribution in [-0.2, 0) is 17.5 Å². The predicted molar refractivity (Wildman–Crippen MR) is 62.3 cm³/mol. The third-order valence-corrected chi connectivity index (χ3v) is 1.95. The van der Waals surface area contributed by atoms with Crippen LogP contribution >= 0.6 is 0 Å². The van der Waals surface area contributed by atoms with Crippen molar-refractivity contribution < 1.29 is 22.7 Å². The molecule has 1 rings (SSSR count). The van der Waals surface area contributed by atoms with Gasteiger partial charge in [-0.1, -0.05) is 0 Å². The minimum absolute atomic E-state index is 0.0550. The smallest absolute Gasteiger partial charge is 0.433 e. The third kappa shape index (κ3) is 5.58. The van der Waals surface area contributed by atoms with Crippen LogP contribution in [-0.4, -0.2) is 16.7 Å². The Morgan fingerprint density at radius 3 is 2.53 bits per heavy atom. The van der Waals surface area contributed by atoms with Crippen molar-refractivity contribution in [1.82, 2.24) is 10.3 Å². The average molecular weight is 276 g/mol. The first-order valence-electron chi connectivity index (χ1n) is 5.57. The van der Waals surface area contributed by atoms with Gasteiger partial charge in [0.2, 0.25) is 0 Å². The summed E-state index contributed by atoms with van der Waals surface area (Å²) < 4.78 is 42.2. The molecule has 0 fully saturated rings. The molecule has 1 amide bonds. The number of ether oxygens (including phenoxy) is 1. The van der Waals surface area contributed by atoms with Gasteiger partial charge < -0.3 is 10.1 Å². The van der Waals surface area contributed by atoms with Gasteiger partial charge in [-0.25, -0.2) is 4.79 Å². The minimum Gasteiger partial charge on any atom is -0.444 e. The molecule has 0 bridgehead atoms. The van der Waals surface area contributed by atoms with Crippen molar-refractivity contribution in [1.29, 1.82) is 0 Å². The van der Waals surface area contributed by atoms with Crippen molar-refractivity contribution >= 4 is 6.09 Å². The molecule has 7 heteroatoms. The standard InChI is InChI=1S/C12H15F3N2O2/c1-11(2,3)19-10(18)17-7-8-4-5-16-9(6-8)12(13,14)15/h4-6H,7H2,1-3H3,(H,17,18). The molecular formula is C12H15F3N2O2. The molecule has 0 aliphatic rings. The number of nitrogens with one attached hydrogen (secondary N) is 1. The lowest BCUT2D eigenvalue weighted by Crippen LogP contribution is -2.32. The molecule has 0 aliphatic heterocycles. The second kappa shape index (κ2) is 5.46. The first-order chi connectivity index (χ1) is 8.58. The van der Waals surface area contributed by atoms with Gasteiger partial charge in [0.05, 0.1) is 0 Å². The summed E-state index contributed by atoms with van der Waals surface area (Å²) in [4.78, 5) is 14.6. The zero-order chi connectivity index (χ0) is 14.7. The number of hydrogen-bond donors (Lipinski definition) is 1. The fraction of sp³-hybridized carbons (Fsp3) is 0.500. The summed E-state index contributed by atoms with van der Waals surface area (Å²) in [5.74, 6) is 0. The van der Waals surface area contributed by atoms with E-state index in [1.165, 1.54) is 6.07 Å². The fourth-order valence-electron chi connectivity index (χ4n) is 1.23. The summed E-state index contributed by atoms with van der Waals surface area (Å²) >= 11 is 0. The summed E-state index contributed by atoms with van der Waals surface area (Å²) in [6.07, 6.45) is -4.13. The summed E-state index contributed by atoms with van der Waals surface area (Å²) in [7, 11) is 0. The maximum atomic E-state index is 12.4. The molecule has 0 radical (unpaired) electrons. The lowest BCUT2D eigenvalue weighted by atomic mass is 10.2. The maximum Gasteiger partial charge on any atom is 0.433 e. The second-order valence-corrected chi connectivity index (χ2v) is 4.90. The van der Waals surface area contributed by atoms with Crippen molar-refractivity contribution in [3.63, 3.8) is 0 Å². The fourth-order valence-corrected chi connectivity index (χ4v) is 1.23. The van der Waals surface area contributed by atoms with Crippen LogP contribution in [0.25, 0.3) is 0 Å². The van der Waals surface area contributed by atoms with Gasteiger partial charge >= 0.3 is 12.3 Å². The highest BCUT2D eigenvalue weighted by molar-refractivity contribution is 5.67. The van der Waals surface area contributed by atoms with Crippen LogP contribution in [0, 0.1) is 0 Å². The Hall–Kier alpha value is -1.79. The highest BCUT2D eigenvalue weighted by Gasteiger charge is 2.32. The van der Waals surface area contributed by atoms with E-state index in [9.17, 15) is 18.0 Å². The first kappa shape index (κ1) is 15.3. The zero-order valence-electron chi connectivity index (χ0n) is 10.8. The monoisotopic (exact) mass is 276 g/mol. The van der Waals surface area contributed by atoms with Crippen LogP contribution in [0.1, 0.15) is 32.0 Å². The highest BCUT2D eigenvalue weighted by atomic mass is 19.4. The number of rotatable bonds is 2. The first-order valence-corrected chi connectivity index (χ1v) is 5.57. The zero-order valence-corrected chi connectivity index (χ0v) is 10.8. The Morgan fingerprint density at radius 1 is 1.37 bits per heavy atom. The van der Waals surface area contributed by atoms with Crippen molar-refractivity contribution in [2.24, 2.45) is 0 Å². The van der Waals surface area contributed by atoms with Crippen LogP contribution in [0.15, 0.2) is 18.3 Å². The van der Waals surface area contributed by atoms with Crippen molar-refractivity contribution in [2.75, 3.05) is 0 Å². The molecule has 4 nitrogen and oxygen atoms in total. The van der Waals surface area contributed by atoms with Gasteiger partial charge in [-0.3, -0.25) is 4.98 Å². The van der Waals surface area contributed by atoms with E-state index in [4.69, 9.17) is 4.74 Å². The van der Waals surface area contributed by atoms with E-state index < -0.39 is 23.6 Å². The number of halogens is 3. The molecular weight excluding hydrogens is 261 g/mol. The molecule has 1 aromatic rings. The van der Waals surface area contributed by atoms with Gasteiger partial charge in [0.1, 0.15) is 11.3 Å². The van der Waals surface area contributed by atoms with Crippen LogP contribution in [0.3, 0.4) is 0 Å². The Kier molecular flexibility index (Phi) is 4.39. The van der Waals surface area contributed by atoms with Crippen molar-refractivity contribution in [3.8, 4) is 0 Å². The van der Waals surface area contributed by atoms with Gasteiger partial charge in [-0.15, -0.1) is 0 Å². The van der Waals surface area contributed by atoms with E-state index in [1.807, 2.05) is 0 Å². The Bertz CT molecular complexity index is 453. The van der Waals surface area contributed by atoms with Gasteiger partial charge in [0, 0.05) is 12.7 Å². The van der Waals surface area contributed by atoms with Gasteiger partial charge in [-0.2, -0.15) is 13.2 Å². The summed E-state index contributed by atoms with van der Waals surface area (Å²) in [6, 6.07) is 2.28. The lowest BCUT2D eigenvalue weighted by molar-refractivity contribution is -0.141. The van der Waals surface area contributed by atoms with E-state index >= 15 is 0 Å². The van der Waals surface area contributed by atoms with E-state index in [1.54, 1.807) is 20.8 Å². The molecule has 0 aliphatic carbocycles. The van der Waals surface area contributed by atoms with E-state index in [2.05, 4.69) is 10.3 Å². The van der Waals surface area contributed by atoms with Gasteiger partial charge in [-0.05, 0) is 38.5 Å². The molecule has 0 spiro atoms. The average Bonchev–Trinajstić information content (AvgIpc) is 2.23. The number of alkyl halides is 3. The van der Waals surface area contributed by atoms with Crippen LogP contribution < -0.4 is 5.32 Å². The number of aromatic nitrogens is 1. The predicted octanol–water partition coefficient (Wildman–Crippen LogP) is 3.13. The molecule has 0 saturated carbocycles. The van der Waals surface area contributed by atoms with Gasteiger partial charge in [0.15, 0.2) is 0 Å². The molecule has 106 valence electrons. The van der Waals surface area contributed by atoms with E-state index in [0.717, 1.165) is 12.3 Å². The van der Waals surface area contributed by atoms with Crippen LogP contribution in [0.4, 0.5) is 18.0 Å². The van der Waals surface area contributed by atoms with Crippen molar-refractivity contribution in [3.05, 3.63) is 29.6 Å². The second-order valence-electron chi connectivity index (χ2n) is 4.90. The number of pyridine rings is 1. The van der Waals surface area contributed by atoms with Crippen molar-refractivity contribution in [2.45, 2.75) is 39.1 Å². The normalized spacial score (nSPS) is 12.1. The molecule has 0 saturated heterocycles. The minimum atomic E-state index is -4.50. The largest absolute Gasteiger partial charge is 0.444 e. The summed E-state index contributed by atoms with van der Waals surface area (Å²) in [5, 5.41) is 2.38. The molecule has 19 heavy (non-hydrogen) atoms. The van der Waals surface area contributed by atoms with Gasteiger partial charge in [0.25, 0.3) is 0 Å². The number of carbonyl (C=O) groups excluding carboxylic acids is 1. The van der Waals surface area contributed by atoms with E-state index in [0.29, 0.717) is 5.56 Å². The number of nitrogens with zero attached hydrogens (tertiary/aromatic N) is 1. The Labute approximate surface area is 109 Å². The van der Waals surface area contributed by atoms with Crippen LogP contribution in [0.2, 0.25) is 0 Å². The molecule has 1 heterocycles. The maximum absolute atomic E-state index is 12.4. The molecule has 0 unspecified atom stereocenters. The lowest BCUT2D eigenvalue weighted by Gasteiger charge is -2.19. The third-order valence-electron chi connectivity index (χ3n) is 1.95. The summed E-state index contributed by atoms with van der Waals surface area (Å²) in [6.45, 7) is 5.03. The molecule has 0 atom stereocenters. The number of hydrogen-bond acceptors (Lipinski definition) is 3. The van der Waals surface area contributed by atoms with E-state index in [-0.39, 0.29) is 6.54 Å². The number of amides is 1. The molecule has 1 aromatic heterocycles. The SMILES string of the molecule is CC(C)(C)OC(=O)NCc1ccnc(C(F)(F)F)c1. The molecule has 1 N–H and O–H groups in total. The Balaban J connectivity index is 2.62. The number of carbonyl (C=O) groups is 1. The quantitative estimate of drug-likeness (QED) is 0.902. The number of alkyl carbamates (subject to hydrolysis) is 1. The topological polar surface area (TPSA) is 51.2 Å².